The summed E-state index contributed by atoms with van der Waals surface area (Å²) in [6.45, 7) is 4.76. The molecular formula is C23H20FN3O6. The second-order valence-electron chi connectivity index (χ2n) is 7.60. The molecule has 1 unspecified atom stereocenters. The minimum atomic E-state index is -1.32. The number of carbonyl (C=O) groups is 3. The molecule has 33 heavy (non-hydrogen) atoms. The van der Waals surface area contributed by atoms with Crippen LogP contribution in [-0.4, -0.2) is 40.0 Å². The quantitative estimate of drug-likeness (QED) is 0.268. The SMILES string of the molecule is COC(=O)c1c(C)[nH]c(/C(O)=C2\C(=O)C(=O)N(c3cc(C)on3)C2c2ccccc2F)c1C. The normalized spacial score (nSPS) is 17.6. The topological polar surface area (TPSA) is 126 Å². The summed E-state index contributed by atoms with van der Waals surface area (Å²) < 4.78 is 24.7. The smallest absolute Gasteiger partial charge is 0.339 e. The number of nitrogens with one attached hydrogen (secondary N) is 1. The molecule has 2 N–H and O–H groups in total. The van der Waals surface area contributed by atoms with E-state index in [-0.39, 0.29) is 28.2 Å². The molecule has 170 valence electrons. The van der Waals surface area contributed by atoms with Gasteiger partial charge in [-0.15, -0.1) is 0 Å². The van der Waals surface area contributed by atoms with Crippen molar-refractivity contribution in [2.45, 2.75) is 26.8 Å². The van der Waals surface area contributed by atoms with Crippen molar-refractivity contribution in [1.82, 2.24) is 10.1 Å². The average molecular weight is 453 g/mol. The van der Waals surface area contributed by atoms with Crippen molar-refractivity contribution >= 4 is 29.2 Å². The Labute approximate surface area is 187 Å². The number of H-pyrrole nitrogens is 1. The Balaban J connectivity index is 1.99. The molecule has 9 nitrogen and oxygen atoms in total. The highest BCUT2D eigenvalue weighted by Crippen LogP contribution is 2.43. The van der Waals surface area contributed by atoms with E-state index in [1.54, 1.807) is 26.8 Å². The lowest BCUT2D eigenvalue weighted by Gasteiger charge is -2.23. The molecule has 4 rings (SSSR count). The number of nitrogens with zero attached hydrogens (tertiary/aromatic N) is 2. The number of hydrogen-bond acceptors (Lipinski definition) is 7. The van der Waals surface area contributed by atoms with E-state index in [0.717, 1.165) is 4.90 Å². The van der Waals surface area contributed by atoms with Crippen LogP contribution in [0.5, 0.6) is 0 Å². The Kier molecular flexibility index (Phi) is 5.36. The number of aromatic amines is 1. The van der Waals surface area contributed by atoms with Crippen molar-refractivity contribution in [1.29, 1.82) is 0 Å². The lowest BCUT2D eigenvalue weighted by Crippen LogP contribution is -2.30. The third kappa shape index (κ3) is 3.39. The van der Waals surface area contributed by atoms with Crippen molar-refractivity contribution < 1.29 is 33.1 Å². The van der Waals surface area contributed by atoms with Crippen molar-refractivity contribution in [3.63, 3.8) is 0 Å². The number of halogens is 1. The summed E-state index contributed by atoms with van der Waals surface area (Å²) in [5, 5.41) is 15.0. The van der Waals surface area contributed by atoms with Crippen molar-refractivity contribution in [3.8, 4) is 0 Å². The second kappa shape index (κ2) is 8.05. The van der Waals surface area contributed by atoms with E-state index in [1.165, 1.54) is 31.4 Å². The van der Waals surface area contributed by atoms with Crippen LogP contribution in [0.3, 0.4) is 0 Å². The van der Waals surface area contributed by atoms with E-state index in [1.807, 2.05) is 0 Å². The summed E-state index contributed by atoms with van der Waals surface area (Å²) in [5.74, 6) is -3.58. The number of aliphatic hydroxyl groups is 1. The van der Waals surface area contributed by atoms with Crippen LogP contribution in [0, 0.1) is 26.6 Å². The van der Waals surface area contributed by atoms with E-state index in [9.17, 15) is 23.9 Å². The Morgan fingerprint density at radius 3 is 2.55 bits per heavy atom. The van der Waals surface area contributed by atoms with Gasteiger partial charge in [-0.3, -0.25) is 14.5 Å². The summed E-state index contributed by atoms with van der Waals surface area (Å²) in [4.78, 5) is 42.1. The van der Waals surface area contributed by atoms with Crippen molar-refractivity contribution in [2.75, 3.05) is 12.0 Å². The maximum Gasteiger partial charge on any atom is 0.339 e. The number of ketones is 1. The Morgan fingerprint density at radius 2 is 1.94 bits per heavy atom. The van der Waals surface area contributed by atoms with Crippen LogP contribution >= 0.6 is 0 Å². The molecule has 0 bridgehead atoms. The summed E-state index contributed by atoms with van der Waals surface area (Å²) in [7, 11) is 1.22. The highest BCUT2D eigenvalue weighted by atomic mass is 19.1. The molecule has 0 radical (unpaired) electrons. The average Bonchev–Trinajstić information content (AvgIpc) is 3.42. The van der Waals surface area contributed by atoms with Gasteiger partial charge in [-0.05, 0) is 32.4 Å². The van der Waals surface area contributed by atoms with E-state index < -0.39 is 35.3 Å². The minimum absolute atomic E-state index is 0.00320. The number of methoxy groups -OCH3 is 1. The van der Waals surface area contributed by atoms with Crippen molar-refractivity contribution in [2.24, 2.45) is 0 Å². The van der Waals surface area contributed by atoms with E-state index in [4.69, 9.17) is 9.26 Å². The number of aromatic nitrogens is 2. The number of anilines is 1. The fraction of sp³-hybridized carbons (Fsp3) is 0.217. The molecule has 1 amide bonds. The van der Waals surface area contributed by atoms with Crippen LogP contribution in [0.4, 0.5) is 10.2 Å². The van der Waals surface area contributed by atoms with Gasteiger partial charge in [-0.1, -0.05) is 23.4 Å². The predicted molar refractivity (Wildman–Crippen MR) is 114 cm³/mol. The maximum atomic E-state index is 14.9. The van der Waals surface area contributed by atoms with Crippen LogP contribution in [0.2, 0.25) is 0 Å². The molecule has 2 aromatic heterocycles. The van der Waals surface area contributed by atoms with Crippen LogP contribution in [0.25, 0.3) is 5.76 Å². The van der Waals surface area contributed by atoms with Gasteiger partial charge < -0.3 is 19.4 Å². The zero-order valence-electron chi connectivity index (χ0n) is 18.2. The number of hydrogen-bond donors (Lipinski definition) is 2. The number of carbonyl (C=O) groups excluding carboxylic acids is 3. The van der Waals surface area contributed by atoms with Gasteiger partial charge in [-0.2, -0.15) is 0 Å². The predicted octanol–water partition coefficient (Wildman–Crippen LogP) is 3.48. The molecule has 3 aromatic rings. The third-order valence-electron chi connectivity index (χ3n) is 5.57. The molecule has 1 fully saturated rings. The third-order valence-corrected chi connectivity index (χ3v) is 5.57. The largest absolute Gasteiger partial charge is 0.505 e. The zero-order valence-corrected chi connectivity index (χ0v) is 18.2. The van der Waals surface area contributed by atoms with E-state index in [2.05, 4.69) is 10.1 Å². The molecule has 0 saturated carbocycles. The first-order valence-electron chi connectivity index (χ1n) is 9.94. The Morgan fingerprint density at radius 1 is 1.24 bits per heavy atom. The molecule has 3 heterocycles. The molecule has 1 aromatic carbocycles. The fourth-order valence-electron chi connectivity index (χ4n) is 4.06. The summed E-state index contributed by atoms with van der Waals surface area (Å²) in [6, 6.07) is 5.71. The monoisotopic (exact) mass is 453 g/mol. The number of amides is 1. The van der Waals surface area contributed by atoms with Gasteiger partial charge in [0.1, 0.15) is 17.3 Å². The van der Waals surface area contributed by atoms with E-state index >= 15 is 0 Å². The number of benzene rings is 1. The van der Waals surface area contributed by atoms with Crippen LogP contribution < -0.4 is 4.90 Å². The second-order valence-corrected chi connectivity index (χ2v) is 7.60. The number of rotatable bonds is 4. The van der Waals surface area contributed by atoms with Crippen LogP contribution in [0.15, 0.2) is 40.4 Å². The van der Waals surface area contributed by atoms with Crippen LogP contribution in [-0.2, 0) is 14.3 Å². The fourth-order valence-corrected chi connectivity index (χ4v) is 4.06. The highest BCUT2D eigenvalue weighted by Gasteiger charge is 2.49. The maximum absolute atomic E-state index is 14.9. The first-order valence-corrected chi connectivity index (χ1v) is 9.94. The number of ether oxygens (including phenoxy) is 1. The van der Waals surface area contributed by atoms with Gasteiger partial charge in [0.2, 0.25) is 0 Å². The first kappa shape index (κ1) is 22.0. The molecule has 10 heteroatoms. The molecule has 1 aliphatic heterocycles. The molecule has 1 atom stereocenters. The number of aliphatic hydroxyl groups excluding tert-OH is 1. The van der Waals surface area contributed by atoms with Crippen molar-refractivity contribution in [3.05, 3.63) is 75.6 Å². The molecule has 0 aliphatic carbocycles. The molecule has 1 saturated heterocycles. The minimum Gasteiger partial charge on any atom is -0.505 e. The van der Waals surface area contributed by atoms with Gasteiger partial charge in [-0.25, -0.2) is 9.18 Å². The summed E-state index contributed by atoms with van der Waals surface area (Å²) >= 11 is 0. The lowest BCUT2D eigenvalue weighted by atomic mass is 9.95. The number of esters is 1. The van der Waals surface area contributed by atoms with Crippen LogP contribution in [0.1, 0.15) is 44.7 Å². The first-order chi connectivity index (χ1) is 15.7. The highest BCUT2D eigenvalue weighted by molar-refractivity contribution is 6.51. The molecule has 1 aliphatic rings. The number of aryl methyl sites for hydroxylation is 2. The van der Waals surface area contributed by atoms with Gasteiger partial charge in [0.15, 0.2) is 5.82 Å². The zero-order chi connectivity index (χ0) is 24.0. The van der Waals surface area contributed by atoms with E-state index in [0.29, 0.717) is 17.0 Å². The van der Waals surface area contributed by atoms with Gasteiger partial charge in [0, 0.05) is 17.3 Å². The van der Waals surface area contributed by atoms with Gasteiger partial charge in [0.05, 0.1) is 30.0 Å². The summed E-state index contributed by atoms with van der Waals surface area (Å²) in [5.41, 5.74) is 0.559. The lowest BCUT2D eigenvalue weighted by molar-refractivity contribution is -0.132. The molecular weight excluding hydrogens is 433 g/mol. The molecule has 0 spiro atoms. The summed E-state index contributed by atoms with van der Waals surface area (Å²) in [6.07, 6.45) is 0. The Bertz CT molecular complexity index is 1340. The number of Topliss-reactive ketones (excluding diaryl/α,β-unsaturated/α-hetero) is 1. The van der Waals surface area contributed by atoms with Gasteiger partial charge >= 0.3 is 11.9 Å². The standard InChI is InChI=1S/C23H20FN3O6/c1-10-9-15(26-33-10)27-19(13-7-5-6-8-14(13)24)17(21(29)22(27)30)20(28)18-11(2)16(12(3)25-18)23(31)32-4/h5-9,19,25,28H,1-4H3/b20-17+. The van der Waals surface area contributed by atoms with Gasteiger partial charge in [0.25, 0.3) is 5.78 Å². The Hall–Kier alpha value is -4.21.